The highest BCUT2D eigenvalue weighted by Gasteiger charge is 2.10. The summed E-state index contributed by atoms with van der Waals surface area (Å²) in [6.45, 7) is 4.19. The van der Waals surface area contributed by atoms with Gasteiger partial charge in [0.25, 0.3) is 0 Å². The quantitative estimate of drug-likeness (QED) is 0.635. The highest BCUT2D eigenvalue weighted by atomic mass is 79.9. The van der Waals surface area contributed by atoms with Crippen molar-refractivity contribution in [2.75, 3.05) is 33.5 Å². The van der Waals surface area contributed by atoms with Crippen molar-refractivity contribution in [2.24, 2.45) is 5.73 Å². The van der Waals surface area contributed by atoms with Crippen LogP contribution in [0, 0.1) is 0 Å². The van der Waals surface area contributed by atoms with Crippen LogP contribution in [0.15, 0.2) is 21.1 Å². The number of nitrogens with two attached hydrogens (primary N) is 1. The molecule has 2 N–H and O–H groups in total. The molecular formula is C14H21Br2NO3. The lowest BCUT2D eigenvalue weighted by Crippen LogP contribution is -2.17. The van der Waals surface area contributed by atoms with Crippen LogP contribution in [-0.2, 0) is 15.9 Å². The molecule has 0 radical (unpaired) electrons. The Balaban J connectivity index is 2.49. The van der Waals surface area contributed by atoms with Gasteiger partial charge in [-0.1, -0.05) is 0 Å². The van der Waals surface area contributed by atoms with Gasteiger partial charge in [-0.2, -0.15) is 0 Å². The van der Waals surface area contributed by atoms with Crippen molar-refractivity contribution in [3.63, 3.8) is 0 Å². The first-order valence-corrected chi connectivity index (χ1v) is 8.06. The number of methoxy groups -OCH3 is 1. The fourth-order valence-corrected chi connectivity index (χ4v) is 3.20. The molecular weight excluding hydrogens is 390 g/mol. The van der Waals surface area contributed by atoms with E-state index in [-0.39, 0.29) is 6.04 Å². The monoisotopic (exact) mass is 409 g/mol. The van der Waals surface area contributed by atoms with Crippen molar-refractivity contribution >= 4 is 31.9 Å². The molecule has 0 aliphatic rings. The standard InChI is InChI=1S/C14H21Br2NO3/c1-10(17)7-11-8-12(15)14(13(16)9-11)20-6-5-19-4-3-18-2/h8-10H,3-7,17H2,1-2H3. The minimum absolute atomic E-state index is 0.134. The highest BCUT2D eigenvalue weighted by Crippen LogP contribution is 2.35. The van der Waals surface area contributed by atoms with Crippen molar-refractivity contribution in [2.45, 2.75) is 19.4 Å². The van der Waals surface area contributed by atoms with Gasteiger partial charge in [-0.15, -0.1) is 0 Å². The average molecular weight is 411 g/mol. The van der Waals surface area contributed by atoms with Crippen molar-refractivity contribution in [1.29, 1.82) is 0 Å². The van der Waals surface area contributed by atoms with Gasteiger partial charge in [0.2, 0.25) is 0 Å². The summed E-state index contributed by atoms with van der Waals surface area (Å²) in [4.78, 5) is 0. The second-order valence-electron chi connectivity index (χ2n) is 4.52. The second kappa shape index (κ2) is 9.73. The third-order valence-electron chi connectivity index (χ3n) is 2.52. The summed E-state index contributed by atoms with van der Waals surface area (Å²) in [5.74, 6) is 0.786. The first kappa shape index (κ1) is 17.9. The van der Waals surface area contributed by atoms with Gasteiger partial charge in [0.05, 0.1) is 28.8 Å². The van der Waals surface area contributed by atoms with Crippen molar-refractivity contribution < 1.29 is 14.2 Å². The van der Waals surface area contributed by atoms with E-state index < -0.39 is 0 Å². The maximum atomic E-state index is 5.81. The van der Waals surface area contributed by atoms with Crippen LogP contribution in [0.2, 0.25) is 0 Å². The average Bonchev–Trinajstić information content (AvgIpc) is 2.35. The van der Waals surface area contributed by atoms with Crippen LogP contribution in [0.5, 0.6) is 5.75 Å². The molecule has 1 atom stereocenters. The summed E-state index contributed by atoms with van der Waals surface area (Å²) in [5.41, 5.74) is 6.98. The van der Waals surface area contributed by atoms with Gasteiger partial charge in [-0.05, 0) is 62.9 Å². The van der Waals surface area contributed by atoms with E-state index in [2.05, 4.69) is 31.9 Å². The van der Waals surface area contributed by atoms with Crippen LogP contribution in [0.3, 0.4) is 0 Å². The Hall–Kier alpha value is -0.140. The molecule has 114 valence electrons. The number of halogens is 2. The number of benzene rings is 1. The Bertz CT molecular complexity index is 390. The molecule has 1 aromatic carbocycles. The minimum Gasteiger partial charge on any atom is -0.489 e. The molecule has 0 spiro atoms. The number of hydrogen-bond donors (Lipinski definition) is 1. The minimum atomic E-state index is 0.134. The van der Waals surface area contributed by atoms with E-state index >= 15 is 0 Å². The zero-order valence-electron chi connectivity index (χ0n) is 11.8. The maximum Gasteiger partial charge on any atom is 0.147 e. The molecule has 0 heterocycles. The van der Waals surface area contributed by atoms with E-state index in [1.54, 1.807) is 7.11 Å². The summed E-state index contributed by atoms with van der Waals surface area (Å²) in [6.07, 6.45) is 0.831. The first-order valence-electron chi connectivity index (χ1n) is 6.47. The topological polar surface area (TPSA) is 53.7 Å². The Morgan fingerprint density at radius 1 is 1.10 bits per heavy atom. The van der Waals surface area contributed by atoms with Crippen LogP contribution < -0.4 is 10.5 Å². The van der Waals surface area contributed by atoms with E-state index in [1.165, 1.54) is 5.56 Å². The SMILES string of the molecule is COCCOCCOc1c(Br)cc(CC(C)N)cc1Br. The van der Waals surface area contributed by atoms with Crippen molar-refractivity contribution in [3.05, 3.63) is 26.6 Å². The summed E-state index contributed by atoms with van der Waals surface area (Å²) in [5, 5.41) is 0. The summed E-state index contributed by atoms with van der Waals surface area (Å²) < 4.78 is 17.8. The molecule has 0 bridgehead atoms. The third kappa shape index (κ3) is 6.54. The fraction of sp³-hybridized carbons (Fsp3) is 0.571. The number of rotatable bonds is 9. The summed E-state index contributed by atoms with van der Waals surface area (Å²) >= 11 is 7.05. The predicted molar refractivity (Wildman–Crippen MR) is 87.4 cm³/mol. The van der Waals surface area contributed by atoms with E-state index in [9.17, 15) is 0 Å². The zero-order valence-corrected chi connectivity index (χ0v) is 15.0. The lowest BCUT2D eigenvalue weighted by atomic mass is 10.1. The van der Waals surface area contributed by atoms with E-state index in [4.69, 9.17) is 19.9 Å². The fourth-order valence-electron chi connectivity index (χ4n) is 1.69. The van der Waals surface area contributed by atoms with Crippen molar-refractivity contribution in [1.82, 2.24) is 0 Å². The molecule has 0 amide bonds. The molecule has 0 saturated heterocycles. The van der Waals surface area contributed by atoms with Crippen molar-refractivity contribution in [3.8, 4) is 5.75 Å². The van der Waals surface area contributed by atoms with Crippen LogP contribution in [0.4, 0.5) is 0 Å². The number of hydrogen-bond acceptors (Lipinski definition) is 4. The summed E-state index contributed by atoms with van der Waals surface area (Å²) in [7, 11) is 1.65. The Morgan fingerprint density at radius 2 is 1.70 bits per heavy atom. The lowest BCUT2D eigenvalue weighted by Gasteiger charge is -2.13. The van der Waals surface area contributed by atoms with Crippen LogP contribution in [0.1, 0.15) is 12.5 Å². The third-order valence-corrected chi connectivity index (χ3v) is 3.70. The molecule has 1 unspecified atom stereocenters. The van der Waals surface area contributed by atoms with E-state index in [0.29, 0.717) is 26.4 Å². The van der Waals surface area contributed by atoms with Crippen LogP contribution in [-0.4, -0.2) is 39.6 Å². The first-order chi connectivity index (χ1) is 9.54. The normalized spacial score (nSPS) is 12.4. The smallest absolute Gasteiger partial charge is 0.147 e. The van der Waals surface area contributed by atoms with Gasteiger partial charge in [-0.25, -0.2) is 0 Å². The molecule has 1 rings (SSSR count). The van der Waals surface area contributed by atoms with E-state index in [0.717, 1.165) is 21.1 Å². The molecule has 4 nitrogen and oxygen atoms in total. The van der Waals surface area contributed by atoms with E-state index in [1.807, 2.05) is 19.1 Å². The molecule has 6 heteroatoms. The van der Waals surface area contributed by atoms with Crippen LogP contribution in [0.25, 0.3) is 0 Å². The Morgan fingerprint density at radius 3 is 2.25 bits per heavy atom. The molecule has 0 aromatic heterocycles. The molecule has 0 saturated carbocycles. The largest absolute Gasteiger partial charge is 0.489 e. The summed E-state index contributed by atoms with van der Waals surface area (Å²) in [6, 6.07) is 4.21. The number of ether oxygens (including phenoxy) is 3. The van der Waals surface area contributed by atoms with Gasteiger partial charge >= 0.3 is 0 Å². The van der Waals surface area contributed by atoms with Gasteiger partial charge < -0.3 is 19.9 Å². The maximum absolute atomic E-state index is 5.81. The molecule has 0 aliphatic heterocycles. The predicted octanol–water partition coefficient (Wildman–Crippen LogP) is 3.14. The second-order valence-corrected chi connectivity index (χ2v) is 6.23. The molecule has 0 fully saturated rings. The lowest BCUT2D eigenvalue weighted by molar-refractivity contribution is 0.0542. The van der Waals surface area contributed by atoms with Gasteiger partial charge in [0.1, 0.15) is 12.4 Å². The Labute approximate surface area is 137 Å². The van der Waals surface area contributed by atoms with Gasteiger partial charge in [0, 0.05) is 13.2 Å². The molecule has 20 heavy (non-hydrogen) atoms. The zero-order chi connectivity index (χ0) is 15.0. The van der Waals surface area contributed by atoms with Crippen LogP contribution >= 0.6 is 31.9 Å². The highest BCUT2D eigenvalue weighted by molar-refractivity contribution is 9.11. The van der Waals surface area contributed by atoms with Gasteiger partial charge in [-0.3, -0.25) is 0 Å². The molecule has 0 aliphatic carbocycles. The molecule has 1 aromatic rings. The van der Waals surface area contributed by atoms with Gasteiger partial charge in [0.15, 0.2) is 0 Å². The Kier molecular flexibility index (Phi) is 8.72.